The third kappa shape index (κ3) is 7.29. The lowest BCUT2D eigenvalue weighted by Gasteiger charge is -2.13. The lowest BCUT2D eigenvalue weighted by molar-refractivity contribution is -0.137. The third-order valence-electron chi connectivity index (χ3n) is 1.86. The largest absolute Gasteiger partial charge is 0.481 e. The molecular weight excluding hydrogens is 222 g/mol. The molecule has 7 heteroatoms. The van der Waals surface area contributed by atoms with Crippen molar-refractivity contribution < 1.29 is 23.4 Å². The number of nitrogens with one attached hydrogen (secondary N) is 1. The minimum absolute atomic E-state index is 0.0759. The summed E-state index contributed by atoms with van der Waals surface area (Å²) in [6, 6.07) is -0.486. The van der Waals surface area contributed by atoms with Gasteiger partial charge in [-0.1, -0.05) is 6.92 Å². The Kier molecular flexibility index (Phi) is 6.46. The van der Waals surface area contributed by atoms with E-state index < -0.39 is 22.0 Å². The maximum atomic E-state index is 11.3. The molecule has 0 aliphatic heterocycles. The maximum Gasteiger partial charge on any atom is 0.303 e. The first-order valence-electron chi connectivity index (χ1n) is 4.74. The molecule has 0 spiro atoms. The Morgan fingerprint density at radius 1 is 1.47 bits per heavy atom. The van der Waals surface area contributed by atoms with Gasteiger partial charge in [0.15, 0.2) is 0 Å². The van der Waals surface area contributed by atoms with Gasteiger partial charge in [-0.3, -0.25) is 4.79 Å². The average molecular weight is 239 g/mol. The van der Waals surface area contributed by atoms with Crippen molar-refractivity contribution in [3.8, 4) is 0 Å². The molecule has 0 heterocycles. The minimum Gasteiger partial charge on any atom is -0.481 e. The fourth-order valence-electron chi connectivity index (χ4n) is 0.976. The number of aliphatic hydroxyl groups excluding tert-OH is 1. The number of hydrogen-bond acceptors (Lipinski definition) is 4. The predicted molar refractivity (Wildman–Crippen MR) is 55.0 cm³/mol. The molecule has 15 heavy (non-hydrogen) atoms. The normalized spacial score (nSPS) is 13.7. The zero-order valence-electron chi connectivity index (χ0n) is 8.64. The molecule has 0 aromatic carbocycles. The summed E-state index contributed by atoms with van der Waals surface area (Å²) in [4.78, 5) is 10.2. The Balaban J connectivity index is 4.02. The highest BCUT2D eigenvalue weighted by Gasteiger charge is 2.15. The predicted octanol–water partition coefficient (Wildman–Crippen LogP) is -0.458. The second kappa shape index (κ2) is 6.76. The van der Waals surface area contributed by atoms with E-state index in [1.54, 1.807) is 6.92 Å². The molecule has 0 aliphatic rings. The molecule has 0 saturated carbocycles. The van der Waals surface area contributed by atoms with Gasteiger partial charge in [-0.05, 0) is 12.8 Å². The Bertz CT molecular complexity index is 283. The summed E-state index contributed by atoms with van der Waals surface area (Å²) in [6.45, 7) is 1.50. The molecule has 0 aromatic rings. The first-order chi connectivity index (χ1) is 6.91. The fraction of sp³-hybridized carbons (Fsp3) is 0.875. The number of hydrogen-bond donors (Lipinski definition) is 3. The van der Waals surface area contributed by atoms with Gasteiger partial charge in [-0.2, -0.15) is 0 Å². The van der Waals surface area contributed by atoms with Gasteiger partial charge in [-0.15, -0.1) is 0 Å². The topological polar surface area (TPSA) is 104 Å². The fourth-order valence-corrected chi connectivity index (χ4v) is 2.37. The maximum absolute atomic E-state index is 11.3. The first-order valence-corrected chi connectivity index (χ1v) is 6.39. The van der Waals surface area contributed by atoms with Crippen LogP contribution in [0.25, 0.3) is 0 Å². The Morgan fingerprint density at radius 3 is 2.47 bits per heavy atom. The summed E-state index contributed by atoms with van der Waals surface area (Å²) in [6.07, 6.45) is 0.401. The van der Waals surface area contributed by atoms with Crippen LogP contribution in [-0.4, -0.2) is 43.0 Å². The van der Waals surface area contributed by atoms with Gasteiger partial charge >= 0.3 is 5.97 Å². The van der Waals surface area contributed by atoms with Crippen LogP contribution in [0.3, 0.4) is 0 Å². The molecule has 0 amide bonds. The second-order valence-corrected chi connectivity index (χ2v) is 5.10. The van der Waals surface area contributed by atoms with E-state index in [1.807, 2.05) is 0 Å². The summed E-state index contributed by atoms with van der Waals surface area (Å²) in [7, 11) is -3.47. The lowest BCUT2D eigenvalue weighted by atomic mass is 10.3. The van der Waals surface area contributed by atoms with Gasteiger partial charge in [0.1, 0.15) is 0 Å². The molecule has 1 atom stereocenters. The van der Waals surface area contributed by atoms with E-state index in [0.717, 1.165) is 0 Å². The van der Waals surface area contributed by atoms with Gasteiger partial charge in [0.05, 0.1) is 12.4 Å². The molecule has 0 aliphatic carbocycles. The molecule has 0 bridgehead atoms. The summed E-state index contributed by atoms with van der Waals surface area (Å²) in [5.41, 5.74) is 0. The molecule has 0 radical (unpaired) electrons. The zero-order valence-corrected chi connectivity index (χ0v) is 9.46. The molecule has 3 N–H and O–H groups in total. The van der Waals surface area contributed by atoms with Crippen molar-refractivity contribution in [1.82, 2.24) is 4.72 Å². The quantitative estimate of drug-likeness (QED) is 0.532. The van der Waals surface area contributed by atoms with E-state index in [9.17, 15) is 13.2 Å². The van der Waals surface area contributed by atoms with Crippen LogP contribution >= 0.6 is 0 Å². The van der Waals surface area contributed by atoms with E-state index in [-0.39, 0.29) is 25.2 Å². The highest BCUT2D eigenvalue weighted by Crippen LogP contribution is 1.98. The molecular formula is C8H17NO5S. The average Bonchev–Trinajstić information content (AvgIpc) is 2.13. The minimum atomic E-state index is -3.47. The van der Waals surface area contributed by atoms with Gasteiger partial charge in [0.2, 0.25) is 10.0 Å². The van der Waals surface area contributed by atoms with Crippen LogP contribution < -0.4 is 4.72 Å². The van der Waals surface area contributed by atoms with Crippen molar-refractivity contribution in [2.45, 2.75) is 32.2 Å². The number of carboxylic acid groups (broad SMARTS) is 1. The summed E-state index contributed by atoms with van der Waals surface area (Å²) in [5, 5.41) is 17.1. The number of carbonyl (C=O) groups is 1. The number of aliphatic hydroxyl groups is 1. The van der Waals surface area contributed by atoms with E-state index in [4.69, 9.17) is 10.2 Å². The van der Waals surface area contributed by atoms with Crippen molar-refractivity contribution in [2.75, 3.05) is 12.4 Å². The number of rotatable bonds is 8. The van der Waals surface area contributed by atoms with Crippen molar-refractivity contribution in [1.29, 1.82) is 0 Å². The number of carboxylic acids is 1. The second-order valence-electron chi connectivity index (χ2n) is 3.22. The third-order valence-corrected chi connectivity index (χ3v) is 3.38. The summed E-state index contributed by atoms with van der Waals surface area (Å²) < 4.78 is 24.9. The Morgan fingerprint density at radius 2 is 2.07 bits per heavy atom. The van der Waals surface area contributed by atoms with E-state index in [0.29, 0.717) is 6.42 Å². The molecule has 0 rings (SSSR count). The Labute approximate surface area is 89.4 Å². The van der Waals surface area contributed by atoms with Crippen LogP contribution in [0.2, 0.25) is 0 Å². The van der Waals surface area contributed by atoms with Crippen LogP contribution in [0.5, 0.6) is 0 Å². The van der Waals surface area contributed by atoms with Crippen molar-refractivity contribution in [2.24, 2.45) is 0 Å². The van der Waals surface area contributed by atoms with Gasteiger partial charge in [-0.25, -0.2) is 13.1 Å². The smallest absolute Gasteiger partial charge is 0.303 e. The highest BCUT2D eigenvalue weighted by atomic mass is 32.2. The molecule has 0 aromatic heterocycles. The van der Waals surface area contributed by atoms with Gasteiger partial charge in [0, 0.05) is 12.5 Å². The van der Waals surface area contributed by atoms with Crippen molar-refractivity contribution in [3.63, 3.8) is 0 Å². The summed E-state index contributed by atoms with van der Waals surface area (Å²) >= 11 is 0. The number of aliphatic carboxylic acids is 1. The molecule has 0 saturated heterocycles. The van der Waals surface area contributed by atoms with Crippen molar-refractivity contribution in [3.05, 3.63) is 0 Å². The Hall–Kier alpha value is -0.660. The molecule has 6 nitrogen and oxygen atoms in total. The van der Waals surface area contributed by atoms with Crippen LogP contribution in [0.1, 0.15) is 26.2 Å². The van der Waals surface area contributed by atoms with E-state index >= 15 is 0 Å². The summed E-state index contributed by atoms with van der Waals surface area (Å²) in [5.74, 6) is -1.24. The van der Waals surface area contributed by atoms with Crippen LogP contribution in [-0.2, 0) is 14.8 Å². The van der Waals surface area contributed by atoms with E-state index in [2.05, 4.69) is 4.72 Å². The number of sulfonamides is 1. The van der Waals surface area contributed by atoms with Crippen molar-refractivity contribution >= 4 is 16.0 Å². The zero-order chi connectivity index (χ0) is 11.9. The van der Waals surface area contributed by atoms with Crippen LogP contribution in [0, 0.1) is 0 Å². The van der Waals surface area contributed by atoms with Crippen LogP contribution in [0.4, 0.5) is 0 Å². The molecule has 0 fully saturated rings. The monoisotopic (exact) mass is 239 g/mol. The lowest BCUT2D eigenvalue weighted by Crippen LogP contribution is -2.38. The molecule has 0 unspecified atom stereocenters. The first kappa shape index (κ1) is 14.3. The molecule has 90 valence electrons. The highest BCUT2D eigenvalue weighted by molar-refractivity contribution is 7.89. The van der Waals surface area contributed by atoms with Gasteiger partial charge < -0.3 is 10.2 Å². The SMILES string of the molecule is CC[C@H](CO)NS(=O)(=O)CCCC(=O)O. The van der Waals surface area contributed by atoms with E-state index in [1.165, 1.54) is 0 Å². The van der Waals surface area contributed by atoms with Gasteiger partial charge in [0.25, 0.3) is 0 Å². The van der Waals surface area contributed by atoms with Crippen LogP contribution in [0.15, 0.2) is 0 Å². The standard InChI is InChI=1S/C8H17NO5S/c1-2-7(6-10)9-15(13,14)5-3-4-8(11)12/h7,9-10H,2-6H2,1H3,(H,11,12)/t7-/m1/s1.